The van der Waals surface area contributed by atoms with Crippen LogP contribution in [0.5, 0.6) is 0 Å². The van der Waals surface area contributed by atoms with Gasteiger partial charge in [0.25, 0.3) is 0 Å². The normalized spacial score (nSPS) is 9.83. The summed E-state index contributed by atoms with van der Waals surface area (Å²) >= 11 is 0. The molecule has 0 bridgehead atoms. The minimum atomic E-state index is -1.17. The van der Waals surface area contributed by atoms with Gasteiger partial charge in [0.15, 0.2) is 0 Å². The molecule has 1 aromatic carbocycles. The fourth-order valence-corrected chi connectivity index (χ4v) is 1.28. The van der Waals surface area contributed by atoms with Crippen LogP contribution in [-0.2, 0) is 11.2 Å². The maximum Gasteiger partial charge on any atom is 1.00 e. The molecular weight excluding hydrogens is 250 g/mol. The molecule has 0 aliphatic heterocycles. The summed E-state index contributed by atoms with van der Waals surface area (Å²) in [5, 5.41) is 13.9. The fourth-order valence-electron chi connectivity index (χ4n) is 1.28. The zero-order valence-electron chi connectivity index (χ0n) is 9.72. The number of halogens is 1. The van der Waals surface area contributed by atoms with E-state index in [9.17, 15) is 14.3 Å². The van der Waals surface area contributed by atoms with Crippen LogP contribution in [0.3, 0.4) is 0 Å². The van der Waals surface area contributed by atoms with Crippen molar-refractivity contribution < 1.29 is 48.4 Å². The number of carbonyl (C=O) groups excluding carboxylic acids is 1. The fraction of sp³-hybridized carbons (Fsp3) is 0.182. The molecule has 5 nitrogen and oxygen atoms in total. The van der Waals surface area contributed by atoms with Crippen LogP contribution in [-0.4, -0.2) is 16.1 Å². The second-order valence-electron chi connectivity index (χ2n) is 3.39. The minimum Gasteiger partial charge on any atom is -0.550 e. The van der Waals surface area contributed by atoms with Crippen LogP contribution < -0.4 is 34.7 Å². The van der Waals surface area contributed by atoms with E-state index in [0.29, 0.717) is 11.4 Å². The van der Waals surface area contributed by atoms with Gasteiger partial charge in [0, 0.05) is 18.0 Å². The molecule has 0 fully saturated rings. The number of carboxylic acid groups (broad SMARTS) is 1. The van der Waals surface area contributed by atoms with E-state index < -0.39 is 5.97 Å². The molecular formula is C11H8FN2NaO3. The Labute approximate surface area is 124 Å². The third-order valence-electron chi connectivity index (χ3n) is 2.11. The van der Waals surface area contributed by atoms with Gasteiger partial charge in [-0.3, -0.25) is 0 Å². The van der Waals surface area contributed by atoms with Gasteiger partial charge in [-0.1, -0.05) is 5.16 Å². The van der Waals surface area contributed by atoms with E-state index in [-0.39, 0.29) is 54.1 Å². The maximum absolute atomic E-state index is 12.7. The van der Waals surface area contributed by atoms with Gasteiger partial charge in [0.2, 0.25) is 11.7 Å². The Morgan fingerprint density at radius 2 is 2.00 bits per heavy atom. The van der Waals surface area contributed by atoms with Gasteiger partial charge in [-0.2, -0.15) is 4.98 Å². The van der Waals surface area contributed by atoms with Crippen LogP contribution in [0.1, 0.15) is 12.3 Å². The number of aryl methyl sites for hydroxylation is 1. The Morgan fingerprint density at radius 1 is 1.33 bits per heavy atom. The zero-order chi connectivity index (χ0) is 12.3. The van der Waals surface area contributed by atoms with Gasteiger partial charge >= 0.3 is 29.6 Å². The Balaban J connectivity index is 0.00000162. The van der Waals surface area contributed by atoms with Crippen molar-refractivity contribution in [3.8, 4) is 11.4 Å². The third kappa shape index (κ3) is 3.90. The third-order valence-corrected chi connectivity index (χ3v) is 2.11. The summed E-state index contributed by atoms with van der Waals surface area (Å²) in [6.07, 6.45) is -0.0540. The van der Waals surface area contributed by atoms with Crippen molar-refractivity contribution in [2.24, 2.45) is 0 Å². The van der Waals surface area contributed by atoms with Crippen molar-refractivity contribution in [3.05, 3.63) is 36.0 Å². The van der Waals surface area contributed by atoms with Gasteiger partial charge in [0.05, 0.1) is 0 Å². The van der Waals surface area contributed by atoms with E-state index in [1.807, 2.05) is 0 Å². The molecule has 88 valence electrons. The average molecular weight is 258 g/mol. The van der Waals surface area contributed by atoms with E-state index in [0.717, 1.165) is 0 Å². The largest absolute Gasteiger partial charge is 1.00 e. The van der Waals surface area contributed by atoms with E-state index in [4.69, 9.17) is 4.52 Å². The van der Waals surface area contributed by atoms with Crippen LogP contribution in [0.4, 0.5) is 4.39 Å². The molecule has 0 spiro atoms. The van der Waals surface area contributed by atoms with Crippen LogP contribution in [0.15, 0.2) is 28.8 Å². The molecule has 18 heavy (non-hydrogen) atoms. The van der Waals surface area contributed by atoms with Crippen LogP contribution in [0.25, 0.3) is 11.4 Å². The summed E-state index contributed by atoms with van der Waals surface area (Å²) in [6.45, 7) is 0. The monoisotopic (exact) mass is 258 g/mol. The molecule has 0 N–H and O–H groups in total. The number of rotatable bonds is 4. The molecule has 2 rings (SSSR count). The number of benzene rings is 1. The maximum atomic E-state index is 12.7. The second kappa shape index (κ2) is 6.63. The van der Waals surface area contributed by atoms with Gasteiger partial charge in [-0.25, -0.2) is 4.39 Å². The summed E-state index contributed by atoms with van der Waals surface area (Å²) in [7, 11) is 0. The number of hydrogen-bond donors (Lipinski definition) is 0. The summed E-state index contributed by atoms with van der Waals surface area (Å²) in [5.41, 5.74) is 0.606. The first-order valence-electron chi connectivity index (χ1n) is 4.93. The summed E-state index contributed by atoms with van der Waals surface area (Å²) in [4.78, 5) is 14.2. The van der Waals surface area contributed by atoms with E-state index in [1.54, 1.807) is 0 Å². The molecule has 0 aliphatic carbocycles. The van der Waals surface area contributed by atoms with Crippen molar-refractivity contribution in [3.63, 3.8) is 0 Å². The molecule has 1 heterocycles. The summed E-state index contributed by atoms with van der Waals surface area (Å²) in [5.74, 6) is -1.01. The number of aromatic nitrogens is 2. The summed E-state index contributed by atoms with van der Waals surface area (Å²) < 4.78 is 17.5. The minimum absolute atomic E-state index is 0. The number of carboxylic acids is 1. The van der Waals surface area contributed by atoms with Gasteiger partial charge in [-0.05, 0) is 30.7 Å². The Kier molecular flexibility index (Phi) is 5.46. The number of nitrogens with zero attached hydrogens (tertiary/aromatic N) is 2. The molecule has 2 aromatic rings. The molecule has 0 unspecified atom stereocenters. The first-order valence-corrected chi connectivity index (χ1v) is 4.93. The van der Waals surface area contributed by atoms with Crippen LogP contribution in [0.2, 0.25) is 0 Å². The SMILES string of the molecule is O=C([O-])CCc1nc(-c2ccc(F)cc2)no1.[Na+]. The zero-order valence-corrected chi connectivity index (χ0v) is 11.7. The predicted octanol–water partition coefficient (Wildman–Crippen LogP) is -2.44. The second-order valence-corrected chi connectivity index (χ2v) is 3.39. The molecule has 0 amide bonds. The van der Waals surface area contributed by atoms with Gasteiger partial charge in [-0.15, -0.1) is 0 Å². The average Bonchev–Trinajstić information content (AvgIpc) is 2.76. The van der Waals surface area contributed by atoms with E-state index in [1.165, 1.54) is 24.3 Å². The van der Waals surface area contributed by atoms with Crippen molar-refractivity contribution in [2.75, 3.05) is 0 Å². The molecule has 0 saturated heterocycles. The Morgan fingerprint density at radius 3 is 2.61 bits per heavy atom. The standard InChI is InChI=1S/C11H9FN2O3.Na/c12-8-3-1-7(2-4-8)11-13-9(17-14-11)5-6-10(15)16;/h1-4H,5-6H2,(H,15,16);/q;+1/p-1. The first kappa shape index (κ1) is 14.8. The van der Waals surface area contributed by atoms with Crippen molar-refractivity contribution in [1.82, 2.24) is 10.1 Å². The van der Waals surface area contributed by atoms with Crippen molar-refractivity contribution in [1.29, 1.82) is 0 Å². The number of hydrogen-bond acceptors (Lipinski definition) is 5. The first-order chi connectivity index (χ1) is 8.15. The summed E-state index contributed by atoms with van der Waals surface area (Å²) in [6, 6.07) is 5.60. The smallest absolute Gasteiger partial charge is 0.550 e. The van der Waals surface area contributed by atoms with E-state index in [2.05, 4.69) is 10.1 Å². The Hall–Kier alpha value is -1.24. The van der Waals surface area contributed by atoms with Crippen molar-refractivity contribution in [2.45, 2.75) is 12.8 Å². The van der Waals surface area contributed by atoms with Gasteiger partial charge in [0.1, 0.15) is 5.82 Å². The molecule has 1 aromatic heterocycles. The predicted molar refractivity (Wildman–Crippen MR) is 53.0 cm³/mol. The molecule has 0 atom stereocenters. The van der Waals surface area contributed by atoms with Gasteiger partial charge < -0.3 is 14.4 Å². The number of aliphatic carboxylic acids is 1. The van der Waals surface area contributed by atoms with Crippen LogP contribution in [0, 0.1) is 5.82 Å². The van der Waals surface area contributed by atoms with Crippen LogP contribution >= 0.6 is 0 Å². The number of carbonyl (C=O) groups is 1. The topological polar surface area (TPSA) is 79.0 Å². The molecule has 0 radical (unpaired) electrons. The quantitative estimate of drug-likeness (QED) is 0.569. The van der Waals surface area contributed by atoms with E-state index >= 15 is 0 Å². The molecule has 0 aliphatic rings. The molecule has 0 saturated carbocycles. The van der Waals surface area contributed by atoms with Crippen molar-refractivity contribution >= 4 is 5.97 Å². The molecule has 7 heteroatoms. The Bertz CT molecular complexity index is 527.